The van der Waals surface area contributed by atoms with Crippen LogP contribution in [0, 0.1) is 6.92 Å². The van der Waals surface area contributed by atoms with Gasteiger partial charge in [0.2, 0.25) is 0 Å². The van der Waals surface area contributed by atoms with E-state index in [4.69, 9.17) is 11.6 Å². The molecule has 11 heavy (non-hydrogen) atoms. The van der Waals surface area contributed by atoms with Gasteiger partial charge in [0, 0.05) is 14.1 Å². The number of anilines is 1. The standard InChI is InChI=1S/C9H12ClN/c1-7-4-5-8(10)9(6-7)11(2)3/h4-6H,1-3H3. The highest BCUT2D eigenvalue weighted by Gasteiger charge is 2.00. The summed E-state index contributed by atoms with van der Waals surface area (Å²) in [5.74, 6) is 0. The summed E-state index contributed by atoms with van der Waals surface area (Å²) in [6.07, 6.45) is 0. The van der Waals surface area contributed by atoms with Crippen LogP contribution in [0.15, 0.2) is 18.2 Å². The zero-order chi connectivity index (χ0) is 8.43. The average molecular weight is 170 g/mol. The fraction of sp³-hybridized carbons (Fsp3) is 0.333. The third-order valence-corrected chi connectivity index (χ3v) is 1.90. The van der Waals surface area contributed by atoms with Crippen LogP contribution in [0.2, 0.25) is 5.02 Å². The summed E-state index contributed by atoms with van der Waals surface area (Å²) in [7, 11) is 3.97. The second kappa shape index (κ2) is 3.14. The molecule has 0 aliphatic heterocycles. The predicted molar refractivity (Wildman–Crippen MR) is 50.5 cm³/mol. The molecular formula is C9H12ClN. The van der Waals surface area contributed by atoms with E-state index in [1.165, 1.54) is 5.56 Å². The number of hydrogen-bond acceptors (Lipinski definition) is 1. The number of rotatable bonds is 1. The summed E-state index contributed by atoms with van der Waals surface area (Å²) in [5, 5.41) is 0.806. The van der Waals surface area contributed by atoms with E-state index in [0.29, 0.717) is 0 Å². The van der Waals surface area contributed by atoms with Gasteiger partial charge in [0.25, 0.3) is 0 Å². The van der Waals surface area contributed by atoms with Crippen molar-refractivity contribution in [2.24, 2.45) is 0 Å². The van der Waals surface area contributed by atoms with Crippen LogP contribution in [0.25, 0.3) is 0 Å². The lowest BCUT2D eigenvalue weighted by molar-refractivity contribution is 1.13. The maximum atomic E-state index is 5.95. The first-order chi connectivity index (χ1) is 5.11. The second-order valence-electron chi connectivity index (χ2n) is 2.85. The van der Waals surface area contributed by atoms with E-state index in [1.807, 2.05) is 31.1 Å². The summed E-state index contributed by atoms with van der Waals surface area (Å²) in [5.41, 5.74) is 2.31. The first-order valence-electron chi connectivity index (χ1n) is 3.55. The van der Waals surface area contributed by atoms with E-state index in [0.717, 1.165) is 10.7 Å². The number of hydrogen-bond donors (Lipinski definition) is 0. The molecule has 1 rings (SSSR count). The minimum absolute atomic E-state index is 0.806. The Kier molecular flexibility index (Phi) is 2.40. The molecule has 1 nitrogen and oxygen atoms in total. The van der Waals surface area contributed by atoms with Crippen LogP contribution in [0.3, 0.4) is 0 Å². The van der Waals surface area contributed by atoms with Crippen molar-refractivity contribution in [3.8, 4) is 0 Å². The number of benzene rings is 1. The maximum absolute atomic E-state index is 5.95. The highest BCUT2D eigenvalue weighted by atomic mass is 35.5. The lowest BCUT2D eigenvalue weighted by Gasteiger charge is -2.14. The molecule has 0 bridgehead atoms. The Morgan fingerprint density at radius 3 is 2.36 bits per heavy atom. The highest BCUT2D eigenvalue weighted by molar-refractivity contribution is 6.33. The van der Waals surface area contributed by atoms with E-state index >= 15 is 0 Å². The Bertz CT molecular complexity index is 256. The maximum Gasteiger partial charge on any atom is 0.0639 e. The molecule has 0 saturated carbocycles. The van der Waals surface area contributed by atoms with E-state index < -0.39 is 0 Å². The first-order valence-corrected chi connectivity index (χ1v) is 3.92. The zero-order valence-electron chi connectivity index (χ0n) is 7.06. The molecular weight excluding hydrogens is 158 g/mol. The van der Waals surface area contributed by atoms with Crippen molar-refractivity contribution in [2.45, 2.75) is 6.92 Å². The van der Waals surface area contributed by atoms with Gasteiger partial charge in [-0.15, -0.1) is 0 Å². The fourth-order valence-corrected chi connectivity index (χ4v) is 1.25. The van der Waals surface area contributed by atoms with Crippen molar-refractivity contribution in [1.82, 2.24) is 0 Å². The quantitative estimate of drug-likeness (QED) is 0.625. The van der Waals surface area contributed by atoms with Crippen molar-refractivity contribution >= 4 is 17.3 Å². The van der Waals surface area contributed by atoms with Crippen molar-refractivity contribution in [2.75, 3.05) is 19.0 Å². The summed E-state index contributed by atoms with van der Waals surface area (Å²) in [4.78, 5) is 2.01. The van der Waals surface area contributed by atoms with E-state index in [2.05, 4.69) is 13.0 Å². The van der Waals surface area contributed by atoms with Crippen molar-refractivity contribution in [1.29, 1.82) is 0 Å². The average Bonchev–Trinajstić information content (AvgIpc) is 1.94. The molecule has 0 spiro atoms. The van der Waals surface area contributed by atoms with E-state index in [-0.39, 0.29) is 0 Å². The van der Waals surface area contributed by atoms with Gasteiger partial charge in [-0.05, 0) is 24.6 Å². The largest absolute Gasteiger partial charge is 0.376 e. The Labute approximate surface area is 72.6 Å². The molecule has 0 amide bonds. The molecule has 2 heteroatoms. The van der Waals surface area contributed by atoms with Crippen molar-refractivity contribution in [3.63, 3.8) is 0 Å². The first kappa shape index (κ1) is 8.41. The third kappa shape index (κ3) is 1.87. The number of halogens is 1. The summed E-state index contributed by atoms with van der Waals surface area (Å²) < 4.78 is 0. The summed E-state index contributed by atoms with van der Waals surface area (Å²) in [6, 6.07) is 6.00. The van der Waals surface area contributed by atoms with E-state index in [9.17, 15) is 0 Å². The molecule has 0 radical (unpaired) electrons. The normalized spacial score (nSPS) is 9.82. The minimum Gasteiger partial charge on any atom is -0.376 e. The lowest BCUT2D eigenvalue weighted by atomic mass is 10.2. The number of nitrogens with zero attached hydrogens (tertiary/aromatic N) is 1. The monoisotopic (exact) mass is 169 g/mol. The smallest absolute Gasteiger partial charge is 0.0639 e. The van der Waals surface area contributed by atoms with Crippen LogP contribution in [0.4, 0.5) is 5.69 Å². The molecule has 0 fully saturated rings. The Balaban J connectivity index is 3.13. The van der Waals surface area contributed by atoms with Crippen molar-refractivity contribution < 1.29 is 0 Å². The molecule has 0 aromatic heterocycles. The highest BCUT2D eigenvalue weighted by Crippen LogP contribution is 2.24. The Morgan fingerprint density at radius 1 is 1.27 bits per heavy atom. The molecule has 0 heterocycles. The van der Waals surface area contributed by atoms with Crippen LogP contribution < -0.4 is 4.90 Å². The minimum atomic E-state index is 0.806. The summed E-state index contributed by atoms with van der Waals surface area (Å²) in [6.45, 7) is 2.06. The molecule has 0 atom stereocenters. The van der Waals surface area contributed by atoms with Crippen molar-refractivity contribution in [3.05, 3.63) is 28.8 Å². The van der Waals surface area contributed by atoms with Gasteiger partial charge in [0.1, 0.15) is 0 Å². The summed E-state index contributed by atoms with van der Waals surface area (Å²) >= 11 is 5.95. The molecule has 0 saturated heterocycles. The fourth-order valence-electron chi connectivity index (χ4n) is 0.965. The van der Waals surface area contributed by atoms with Gasteiger partial charge in [-0.25, -0.2) is 0 Å². The van der Waals surface area contributed by atoms with E-state index in [1.54, 1.807) is 0 Å². The molecule has 1 aromatic carbocycles. The Hall–Kier alpha value is -0.690. The molecule has 1 aromatic rings. The molecule has 0 aliphatic rings. The predicted octanol–water partition coefficient (Wildman–Crippen LogP) is 2.71. The van der Waals surface area contributed by atoms with Gasteiger partial charge in [0.15, 0.2) is 0 Å². The lowest BCUT2D eigenvalue weighted by Crippen LogP contribution is -2.09. The van der Waals surface area contributed by atoms with Crippen LogP contribution >= 0.6 is 11.6 Å². The van der Waals surface area contributed by atoms with Gasteiger partial charge in [0.05, 0.1) is 10.7 Å². The van der Waals surface area contributed by atoms with Crippen LogP contribution in [0.1, 0.15) is 5.56 Å². The molecule has 0 aliphatic carbocycles. The van der Waals surface area contributed by atoms with Gasteiger partial charge in [-0.3, -0.25) is 0 Å². The van der Waals surface area contributed by atoms with Crippen LogP contribution in [-0.2, 0) is 0 Å². The zero-order valence-corrected chi connectivity index (χ0v) is 7.81. The van der Waals surface area contributed by atoms with Crippen LogP contribution in [-0.4, -0.2) is 14.1 Å². The molecule has 0 N–H and O–H groups in total. The van der Waals surface area contributed by atoms with Gasteiger partial charge < -0.3 is 4.90 Å². The van der Waals surface area contributed by atoms with Gasteiger partial charge in [-0.2, -0.15) is 0 Å². The second-order valence-corrected chi connectivity index (χ2v) is 3.26. The van der Waals surface area contributed by atoms with Gasteiger partial charge >= 0.3 is 0 Å². The van der Waals surface area contributed by atoms with Crippen LogP contribution in [0.5, 0.6) is 0 Å². The number of aryl methyl sites for hydroxylation is 1. The SMILES string of the molecule is Cc1ccc(Cl)c(N(C)C)c1. The molecule has 0 unspecified atom stereocenters. The Morgan fingerprint density at radius 2 is 1.91 bits per heavy atom. The third-order valence-electron chi connectivity index (χ3n) is 1.58. The molecule has 60 valence electrons. The van der Waals surface area contributed by atoms with Gasteiger partial charge in [-0.1, -0.05) is 17.7 Å². The topological polar surface area (TPSA) is 3.24 Å².